The standard InChI is InChI=1S/C20H13ClF3IN4O4S2/c1-35(32,33)27-29-18(30)16(34-19(29)31)7-10-2-5-15-13(6-10)17(25)26-28(15)9-11-3-4-12(21)8-14(11)20(22,23)24/h2-8,27H,9H2,1H3/b16-7-. The van der Waals surface area contributed by atoms with Gasteiger partial charge in [-0.2, -0.15) is 23.3 Å². The van der Waals surface area contributed by atoms with E-state index in [2.05, 4.69) is 5.10 Å². The number of thioether (sulfide) groups is 1. The second-order valence-electron chi connectivity index (χ2n) is 7.40. The number of nitrogens with one attached hydrogen (secondary N) is 1. The van der Waals surface area contributed by atoms with Crippen molar-refractivity contribution in [3.8, 4) is 0 Å². The summed E-state index contributed by atoms with van der Waals surface area (Å²) in [6.07, 6.45) is -2.35. The third-order valence-electron chi connectivity index (χ3n) is 4.78. The molecule has 0 radical (unpaired) electrons. The number of hydrazine groups is 1. The molecule has 0 spiro atoms. The van der Waals surface area contributed by atoms with Crippen LogP contribution in [0.4, 0.5) is 18.0 Å². The molecule has 1 N–H and O–H groups in total. The van der Waals surface area contributed by atoms with E-state index in [1.165, 1.54) is 22.9 Å². The lowest BCUT2D eigenvalue weighted by Crippen LogP contribution is -2.44. The zero-order valence-corrected chi connectivity index (χ0v) is 22.0. The van der Waals surface area contributed by atoms with Crippen molar-refractivity contribution >= 4 is 84.1 Å². The molecule has 15 heteroatoms. The maximum Gasteiger partial charge on any atom is 0.416 e. The van der Waals surface area contributed by atoms with Gasteiger partial charge in [-0.05, 0) is 75.8 Å². The molecule has 2 aromatic carbocycles. The first kappa shape index (κ1) is 25.9. The summed E-state index contributed by atoms with van der Waals surface area (Å²) >= 11 is 8.28. The van der Waals surface area contributed by atoms with Crippen LogP contribution in [0.2, 0.25) is 5.02 Å². The highest BCUT2D eigenvalue weighted by molar-refractivity contribution is 14.1. The van der Waals surface area contributed by atoms with Crippen LogP contribution in [0.1, 0.15) is 16.7 Å². The Hall–Kier alpha value is -2.14. The molecular weight excluding hydrogens is 644 g/mol. The second kappa shape index (κ2) is 9.38. The summed E-state index contributed by atoms with van der Waals surface area (Å²) in [5.74, 6) is -0.821. The van der Waals surface area contributed by atoms with E-state index in [-0.39, 0.29) is 22.0 Å². The van der Waals surface area contributed by atoms with E-state index in [0.717, 1.165) is 12.3 Å². The van der Waals surface area contributed by atoms with E-state index < -0.39 is 32.9 Å². The maximum absolute atomic E-state index is 13.5. The molecular formula is C20H13ClF3IN4O4S2. The quantitative estimate of drug-likeness (QED) is 0.311. The number of carbonyl (C=O) groups excluding carboxylic acids is 2. The van der Waals surface area contributed by atoms with Gasteiger partial charge in [0.1, 0.15) is 3.70 Å². The second-order valence-corrected chi connectivity index (χ2v) is 11.6. The Labute approximate surface area is 219 Å². The SMILES string of the molecule is CS(=O)(=O)NN1C(=O)S/C(=C\c2ccc3c(c2)c(I)nn3Cc2ccc(Cl)cc2C(F)(F)F)C1=O. The maximum atomic E-state index is 13.5. The third kappa shape index (κ3) is 5.66. The lowest BCUT2D eigenvalue weighted by molar-refractivity contribution is -0.138. The number of benzene rings is 2. The fraction of sp³-hybridized carbons (Fsp3) is 0.150. The number of fused-ring (bicyclic) bond motifs is 1. The number of rotatable bonds is 5. The summed E-state index contributed by atoms with van der Waals surface area (Å²) < 4.78 is 65.2. The normalized spacial score (nSPS) is 16.2. The van der Waals surface area contributed by atoms with Gasteiger partial charge in [-0.3, -0.25) is 14.3 Å². The molecule has 1 fully saturated rings. The van der Waals surface area contributed by atoms with Gasteiger partial charge in [0, 0.05) is 10.4 Å². The van der Waals surface area contributed by atoms with E-state index in [4.69, 9.17) is 11.6 Å². The zero-order valence-electron chi connectivity index (χ0n) is 17.4. The minimum absolute atomic E-state index is 0.00109. The van der Waals surface area contributed by atoms with Crippen LogP contribution in [0.25, 0.3) is 17.0 Å². The number of sulfonamides is 1. The fourth-order valence-corrected chi connectivity index (χ4v) is 5.54. The van der Waals surface area contributed by atoms with Crippen LogP contribution in [0, 0.1) is 3.70 Å². The van der Waals surface area contributed by atoms with E-state index in [0.29, 0.717) is 36.9 Å². The molecule has 0 bridgehead atoms. The number of amides is 2. The number of nitrogens with zero attached hydrogens (tertiary/aromatic N) is 3. The Bertz CT molecular complexity index is 1520. The van der Waals surface area contributed by atoms with Crippen LogP contribution in [-0.2, 0) is 27.5 Å². The molecule has 2 amide bonds. The van der Waals surface area contributed by atoms with Crippen molar-refractivity contribution in [2.24, 2.45) is 0 Å². The van der Waals surface area contributed by atoms with E-state index in [1.807, 2.05) is 27.4 Å². The number of aromatic nitrogens is 2. The molecule has 0 atom stereocenters. The average Bonchev–Trinajstić information content (AvgIpc) is 3.18. The average molecular weight is 657 g/mol. The molecule has 0 unspecified atom stereocenters. The molecule has 1 aliphatic rings. The molecule has 2 heterocycles. The monoisotopic (exact) mass is 656 g/mol. The Balaban J connectivity index is 1.67. The van der Waals surface area contributed by atoms with Crippen LogP contribution >= 0.6 is 46.0 Å². The highest BCUT2D eigenvalue weighted by Gasteiger charge is 2.37. The summed E-state index contributed by atoms with van der Waals surface area (Å²) in [4.78, 5) is 26.3. The van der Waals surface area contributed by atoms with Crippen LogP contribution in [0.3, 0.4) is 0 Å². The summed E-state index contributed by atoms with van der Waals surface area (Å²) in [5.41, 5.74) is 0.223. The summed E-state index contributed by atoms with van der Waals surface area (Å²) in [5, 5.41) is 4.57. The van der Waals surface area contributed by atoms with Gasteiger partial charge >= 0.3 is 11.4 Å². The predicted molar refractivity (Wildman–Crippen MR) is 134 cm³/mol. The number of imide groups is 1. The summed E-state index contributed by atoms with van der Waals surface area (Å²) in [7, 11) is -3.84. The van der Waals surface area contributed by atoms with Crippen molar-refractivity contribution in [2.45, 2.75) is 12.7 Å². The topological polar surface area (TPSA) is 101 Å². The summed E-state index contributed by atoms with van der Waals surface area (Å²) in [6, 6.07) is 8.48. The van der Waals surface area contributed by atoms with Crippen LogP contribution in [-0.4, -0.2) is 40.6 Å². The Morgan fingerprint density at radius 1 is 1.20 bits per heavy atom. The Kier molecular flexibility index (Phi) is 6.95. The van der Waals surface area contributed by atoms with Crippen molar-refractivity contribution in [3.63, 3.8) is 0 Å². The molecule has 8 nitrogen and oxygen atoms in total. The first-order valence-corrected chi connectivity index (χ1v) is 13.7. The van der Waals surface area contributed by atoms with Crippen LogP contribution < -0.4 is 4.83 Å². The Morgan fingerprint density at radius 3 is 2.57 bits per heavy atom. The predicted octanol–water partition coefficient (Wildman–Crippen LogP) is 4.86. The number of hydrogen-bond acceptors (Lipinski definition) is 6. The number of carbonyl (C=O) groups is 2. The van der Waals surface area contributed by atoms with Gasteiger partial charge in [-0.1, -0.05) is 23.7 Å². The minimum atomic E-state index is -4.58. The molecule has 184 valence electrons. The van der Waals surface area contributed by atoms with Gasteiger partial charge < -0.3 is 0 Å². The zero-order chi connectivity index (χ0) is 25.7. The lowest BCUT2D eigenvalue weighted by Gasteiger charge is -2.14. The molecule has 0 aliphatic carbocycles. The molecule has 35 heavy (non-hydrogen) atoms. The Morgan fingerprint density at radius 2 is 1.91 bits per heavy atom. The van der Waals surface area contributed by atoms with Gasteiger partial charge in [0.25, 0.3) is 5.91 Å². The number of alkyl halides is 3. The van der Waals surface area contributed by atoms with Gasteiger partial charge in [-0.15, -0.1) is 4.83 Å². The lowest BCUT2D eigenvalue weighted by atomic mass is 10.1. The van der Waals surface area contributed by atoms with Crippen molar-refractivity contribution in [1.29, 1.82) is 0 Å². The smallest absolute Gasteiger partial charge is 0.266 e. The third-order valence-corrected chi connectivity index (χ3v) is 7.19. The summed E-state index contributed by atoms with van der Waals surface area (Å²) in [6.45, 7) is -0.152. The number of hydrogen-bond donors (Lipinski definition) is 1. The fourth-order valence-electron chi connectivity index (χ4n) is 3.34. The largest absolute Gasteiger partial charge is 0.416 e. The molecule has 0 saturated carbocycles. The van der Waals surface area contributed by atoms with Crippen LogP contribution in [0.15, 0.2) is 41.3 Å². The van der Waals surface area contributed by atoms with Crippen molar-refractivity contribution in [2.75, 3.05) is 6.26 Å². The van der Waals surface area contributed by atoms with Gasteiger partial charge in [0.15, 0.2) is 0 Å². The molecule has 1 aromatic heterocycles. The molecule has 3 aromatic rings. The first-order valence-electron chi connectivity index (χ1n) is 9.50. The van der Waals surface area contributed by atoms with Crippen LogP contribution in [0.5, 0.6) is 0 Å². The molecule has 1 saturated heterocycles. The van der Waals surface area contributed by atoms with Gasteiger partial charge in [-0.25, -0.2) is 8.42 Å². The molecule has 1 aliphatic heterocycles. The van der Waals surface area contributed by atoms with Gasteiger partial charge in [0.2, 0.25) is 10.0 Å². The van der Waals surface area contributed by atoms with Gasteiger partial charge in [0.05, 0.1) is 28.8 Å². The van der Waals surface area contributed by atoms with Crippen molar-refractivity contribution in [3.05, 3.63) is 66.7 Å². The van der Waals surface area contributed by atoms with E-state index in [1.54, 1.807) is 18.2 Å². The molecule has 4 rings (SSSR count). The minimum Gasteiger partial charge on any atom is -0.266 e. The highest BCUT2D eigenvalue weighted by Crippen LogP contribution is 2.35. The van der Waals surface area contributed by atoms with E-state index >= 15 is 0 Å². The first-order chi connectivity index (χ1) is 16.2. The van der Waals surface area contributed by atoms with E-state index in [9.17, 15) is 31.2 Å². The highest BCUT2D eigenvalue weighted by atomic mass is 127. The van der Waals surface area contributed by atoms with Crippen molar-refractivity contribution < 1.29 is 31.2 Å². The number of halogens is 5. The van der Waals surface area contributed by atoms with Crippen molar-refractivity contribution in [1.82, 2.24) is 19.6 Å².